The molecule has 1 saturated heterocycles. The molecule has 0 bridgehead atoms. The average Bonchev–Trinajstić information content (AvgIpc) is 3.20. The summed E-state index contributed by atoms with van der Waals surface area (Å²) in [5.74, 6) is 0.975. The molecule has 0 radical (unpaired) electrons. The molecule has 2 aliphatic carbocycles. The first-order valence-corrected chi connectivity index (χ1v) is 8.26. The van der Waals surface area contributed by atoms with Crippen LogP contribution in [0.15, 0.2) is 0 Å². The third kappa shape index (κ3) is 2.73. The van der Waals surface area contributed by atoms with Crippen molar-refractivity contribution < 1.29 is 34.7 Å². The highest BCUT2D eigenvalue weighted by molar-refractivity contribution is 5.86. The van der Waals surface area contributed by atoms with E-state index in [0.29, 0.717) is 24.7 Å². The van der Waals surface area contributed by atoms with Crippen LogP contribution in [-0.2, 0) is 14.3 Å². The second kappa shape index (κ2) is 6.06. The van der Waals surface area contributed by atoms with Crippen molar-refractivity contribution in [3.8, 4) is 0 Å². The van der Waals surface area contributed by atoms with Crippen molar-refractivity contribution in [3.05, 3.63) is 0 Å². The Labute approximate surface area is 135 Å². The lowest BCUT2D eigenvalue weighted by atomic mass is 9.88. The van der Waals surface area contributed by atoms with Crippen LogP contribution in [0.3, 0.4) is 0 Å². The van der Waals surface area contributed by atoms with Crippen LogP contribution in [0.5, 0.6) is 0 Å². The molecule has 7 heteroatoms. The molecular weight excluding hydrogens is 304 g/mol. The normalized spacial score (nSPS) is 50.7. The molecule has 0 spiro atoms. The fourth-order valence-corrected chi connectivity index (χ4v) is 4.29. The van der Waals surface area contributed by atoms with Gasteiger partial charge in [-0.3, -0.25) is 4.79 Å². The minimum atomic E-state index is -1.43. The van der Waals surface area contributed by atoms with E-state index in [1.165, 1.54) is 0 Å². The fraction of sp³-hybridized carbons (Fsp3) is 0.938. The molecule has 4 N–H and O–H groups in total. The smallest absolute Gasteiger partial charge is 0.186 e. The highest BCUT2D eigenvalue weighted by atomic mass is 16.7. The number of rotatable bonds is 5. The Bertz CT molecular complexity index is 467. The molecule has 0 amide bonds. The molecule has 9 atom stereocenters. The summed E-state index contributed by atoms with van der Waals surface area (Å²) in [6.07, 6.45) is -4.65. The summed E-state index contributed by atoms with van der Waals surface area (Å²) < 4.78 is 11.0. The molecule has 7 nitrogen and oxygen atoms in total. The van der Waals surface area contributed by atoms with Crippen molar-refractivity contribution in [3.63, 3.8) is 0 Å². The largest absolute Gasteiger partial charge is 0.394 e. The predicted molar refractivity (Wildman–Crippen MR) is 78.2 cm³/mol. The molecule has 132 valence electrons. The quantitative estimate of drug-likeness (QED) is 0.514. The van der Waals surface area contributed by atoms with Crippen molar-refractivity contribution in [1.82, 2.24) is 0 Å². The van der Waals surface area contributed by atoms with E-state index in [1.807, 2.05) is 13.8 Å². The second-order valence-electron chi connectivity index (χ2n) is 7.41. The number of hydrogen-bond acceptors (Lipinski definition) is 7. The number of aliphatic hydroxyl groups is 4. The van der Waals surface area contributed by atoms with Gasteiger partial charge in [0.15, 0.2) is 6.29 Å². The van der Waals surface area contributed by atoms with E-state index in [0.717, 1.165) is 6.42 Å². The number of ketones is 1. The van der Waals surface area contributed by atoms with Gasteiger partial charge in [-0.15, -0.1) is 0 Å². The zero-order valence-corrected chi connectivity index (χ0v) is 13.5. The zero-order valence-electron chi connectivity index (χ0n) is 13.5. The van der Waals surface area contributed by atoms with Gasteiger partial charge >= 0.3 is 0 Å². The zero-order chi connectivity index (χ0) is 16.9. The second-order valence-corrected chi connectivity index (χ2v) is 7.41. The van der Waals surface area contributed by atoms with Crippen LogP contribution in [-0.4, -0.2) is 70.1 Å². The van der Waals surface area contributed by atoms with Gasteiger partial charge < -0.3 is 29.9 Å². The molecule has 0 aromatic rings. The summed E-state index contributed by atoms with van der Waals surface area (Å²) in [4.78, 5) is 11.8. The minimum absolute atomic E-state index is 0.00459. The lowest BCUT2D eigenvalue weighted by molar-refractivity contribution is -0.303. The number of carbonyl (C=O) groups excluding carboxylic acids is 1. The molecule has 3 fully saturated rings. The topological polar surface area (TPSA) is 116 Å². The molecule has 1 aliphatic heterocycles. The van der Waals surface area contributed by atoms with E-state index in [-0.39, 0.29) is 17.3 Å². The molecule has 2 saturated carbocycles. The summed E-state index contributed by atoms with van der Waals surface area (Å²) >= 11 is 0. The Morgan fingerprint density at radius 2 is 2.00 bits per heavy atom. The highest BCUT2D eigenvalue weighted by Gasteiger charge is 2.66. The Balaban J connectivity index is 1.57. The van der Waals surface area contributed by atoms with Crippen molar-refractivity contribution in [1.29, 1.82) is 0 Å². The lowest BCUT2D eigenvalue weighted by Crippen LogP contribution is -2.59. The van der Waals surface area contributed by atoms with Crippen molar-refractivity contribution in [2.75, 3.05) is 13.2 Å². The van der Waals surface area contributed by atoms with Crippen LogP contribution in [0, 0.1) is 23.2 Å². The van der Waals surface area contributed by atoms with Gasteiger partial charge in [0, 0.05) is 12.3 Å². The summed E-state index contributed by atoms with van der Waals surface area (Å²) in [6, 6.07) is 0. The molecule has 1 heterocycles. The third-order valence-electron chi connectivity index (χ3n) is 6.13. The minimum Gasteiger partial charge on any atom is -0.394 e. The summed E-state index contributed by atoms with van der Waals surface area (Å²) in [5, 5.41) is 38.6. The maximum absolute atomic E-state index is 11.8. The predicted octanol–water partition coefficient (Wildman–Crippen LogP) is -0.946. The highest BCUT2D eigenvalue weighted by Crippen LogP contribution is 2.68. The average molecular weight is 330 g/mol. The number of carbonyl (C=O) groups is 1. The molecule has 0 aromatic carbocycles. The molecule has 23 heavy (non-hydrogen) atoms. The van der Waals surface area contributed by atoms with Gasteiger partial charge in [0.25, 0.3) is 0 Å². The van der Waals surface area contributed by atoms with E-state index in [1.54, 1.807) is 0 Å². The van der Waals surface area contributed by atoms with Crippen LogP contribution < -0.4 is 0 Å². The first-order chi connectivity index (χ1) is 10.8. The number of hydrogen-bond donors (Lipinski definition) is 4. The molecule has 0 unspecified atom stereocenters. The first-order valence-electron chi connectivity index (χ1n) is 8.26. The van der Waals surface area contributed by atoms with Crippen LogP contribution in [0.4, 0.5) is 0 Å². The fourth-order valence-electron chi connectivity index (χ4n) is 4.29. The Morgan fingerprint density at radius 3 is 2.57 bits per heavy atom. The van der Waals surface area contributed by atoms with Gasteiger partial charge in [0.2, 0.25) is 0 Å². The van der Waals surface area contributed by atoms with Crippen LogP contribution >= 0.6 is 0 Å². The van der Waals surface area contributed by atoms with Gasteiger partial charge in [-0.05, 0) is 23.7 Å². The van der Waals surface area contributed by atoms with Gasteiger partial charge in [0.1, 0.15) is 30.2 Å². The Morgan fingerprint density at radius 1 is 1.30 bits per heavy atom. The number of fused-ring (bicyclic) bond motifs is 1. The number of ether oxygens (including phenoxy) is 2. The van der Waals surface area contributed by atoms with Crippen molar-refractivity contribution in [2.45, 2.75) is 57.4 Å². The van der Waals surface area contributed by atoms with Crippen LogP contribution in [0.1, 0.15) is 26.7 Å². The SMILES string of the molecule is C[C@H]1C(=O)C[C@]2([C@@H](C)CO[C@@H]3O[C@H](CO)[C@@H](O)[C@H](O)[C@H]3O)C[C@H]12. The van der Waals surface area contributed by atoms with E-state index in [4.69, 9.17) is 14.6 Å². The maximum atomic E-state index is 11.8. The summed E-state index contributed by atoms with van der Waals surface area (Å²) in [5.41, 5.74) is 0.00459. The van der Waals surface area contributed by atoms with Crippen LogP contribution in [0.2, 0.25) is 0 Å². The molecule has 3 rings (SSSR count). The lowest BCUT2D eigenvalue weighted by Gasteiger charge is -2.40. The first kappa shape index (κ1) is 17.3. The number of Topliss-reactive ketones (excluding diaryl/α,β-unsaturated/α-hetero) is 1. The number of aliphatic hydroxyl groups excluding tert-OH is 4. The monoisotopic (exact) mass is 330 g/mol. The van der Waals surface area contributed by atoms with E-state index in [2.05, 4.69) is 0 Å². The maximum Gasteiger partial charge on any atom is 0.186 e. The Hall–Kier alpha value is -0.570. The van der Waals surface area contributed by atoms with E-state index >= 15 is 0 Å². The third-order valence-corrected chi connectivity index (χ3v) is 6.13. The molecule has 0 aromatic heterocycles. The van der Waals surface area contributed by atoms with Gasteiger partial charge in [-0.25, -0.2) is 0 Å². The molecular formula is C16H26O7. The van der Waals surface area contributed by atoms with Gasteiger partial charge in [-0.1, -0.05) is 13.8 Å². The van der Waals surface area contributed by atoms with E-state index in [9.17, 15) is 20.1 Å². The standard InChI is InChI=1S/C16H26O7/c1-7(16-3-9(16)8(2)10(18)4-16)6-22-15-14(21)13(20)12(19)11(5-17)23-15/h7-9,11-15,17,19-21H,3-6H2,1-2H3/t7-,8+,9+,11+,12+,13-,14+,15+,16-/m0/s1. The van der Waals surface area contributed by atoms with Crippen LogP contribution in [0.25, 0.3) is 0 Å². The van der Waals surface area contributed by atoms with Crippen molar-refractivity contribution >= 4 is 5.78 Å². The van der Waals surface area contributed by atoms with Gasteiger partial charge in [0.05, 0.1) is 13.2 Å². The van der Waals surface area contributed by atoms with E-state index < -0.39 is 37.3 Å². The van der Waals surface area contributed by atoms with Gasteiger partial charge in [-0.2, -0.15) is 0 Å². The summed E-state index contributed by atoms with van der Waals surface area (Å²) in [7, 11) is 0. The van der Waals surface area contributed by atoms with Crippen molar-refractivity contribution in [2.24, 2.45) is 23.2 Å². The summed E-state index contributed by atoms with van der Waals surface area (Å²) in [6.45, 7) is 3.82. The molecule has 3 aliphatic rings. The Kier molecular flexibility index (Phi) is 4.54.